The highest BCUT2D eigenvalue weighted by molar-refractivity contribution is 7.89. The van der Waals surface area contributed by atoms with E-state index in [0.717, 1.165) is 10.3 Å². The standard InChI is InChI=1S/C19H21N5O6S/c1-19(2)18-21-14(15(25)17(27)23(18)8-9-30-19)16(26)20-10-12-11-6-4-5-7-13(11)24(22-12)31(3,28)29/h4-7,25H,8-10H2,1-3H3,(H,20,26). The highest BCUT2D eigenvalue weighted by Crippen LogP contribution is 2.27. The Kier molecular flexibility index (Phi) is 4.85. The van der Waals surface area contributed by atoms with E-state index in [1.165, 1.54) is 4.57 Å². The lowest BCUT2D eigenvalue weighted by Crippen LogP contribution is -2.42. The van der Waals surface area contributed by atoms with Gasteiger partial charge in [0.15, 0.2) is 5.69 Å². The highest BCUT2D eigenvalue weighted by Gasteiger charge is 2.34. The van der Waals surface area contributed by atoms with Gasteiger partial charge in [-0.15, -0.1) is 0 Å². The first kappa shape index (κ1) is 21.0. The largest absolute Gasteiger partial charge is 0.501 e. The first-order chi connectivity index (χ1) is 14.5. The van der Waals surface area contributed by atoms with Gasteiger partial charge in [-0.1, -0.05) is 18.2 Å². The van der Waals surface area contributed by atoms with Crippen LogP contribution in [0, 0.1) is 0 Å². The third-order valence-electron chi connectivity index (χ3n) is 5.04. The number of carbonyl (C=O) groups is 1. The van der Waals surface area contributed by atoms with Crippen molar-refractivity contribution in [2.45, 2.75) is 32.5 Å². The molecule has 0 bridgehead atoms. The topological polar surface area (TPSA) is 145 Å². The molecule has 164 valence electrons. The molecule has 2 aromatic heterocycles. The van der Waals surface area contributed by atoms with E-state index in [4.69, 9.17) is 4.74 Å². The molecule has 0 radical (unpaired) electrons. The molecule has 1 aromatic carbocycles. The fourth-order valence-electron chi connectivity index (χ4n) is 3.56. The number of aromatic nitrogens is 4. The molecule has 0 unspecified atom stereocenters. The number of amides is 1. The minimum Gasteiger partial charge on any atom is -0.501 e. The predicted molar refractivity (Wildman–Crippen MR) is 110 cm³/mol. The van der Waals surface area contributed by atoms with Crippen LogP contribution in [0.2, 0.25) is 0 Å². The highest BCUT2D eigenvalue weighted by atomic mass is 32.2. The number of rotatable bonds is 4. The van der Waals surface area contributed by atoms with Crippen LogP contribution >= 0.6 is 0 Å². The van der Waals surface area contributed by atoms with E-state index in [1.807, 2.05) is 0 Å². The van der Waals surface area contributed by atoms with Gasteiger partial charge in [-0.25, -0.2) is 13.4 Å². The van der Waals surface area contributed by atoms with Crippen molar-refractivity contribution in [3.63, 3.8) is 0 Å². The van der Waals surface area contributed by atoms with Crippen LogP contribution in [0.25, 0.3) is 10.9 Å². The number of para-hydroxylation sites is 1. The quantitative estimate of drug-likeness (QED) is 0.581. The van der Waals surface area contributed by atoms with E-state index in [9.17, 15) is 23.1 Å². The van der Waals surface area contributed by atoms with E-state index >= 15 is 0 Å². The third-order valence-corrected chi connectivity index (χ3v) is 5.95. The maximum absolute atomic E-state index is 12.8. The Morgan fingerprint density at radius 3 is 2.74 bits per heavy atom. The molecular weight excluding hydrogens is 426 g/mol. The second kappa shape index (κ2) is 7.17. The van der Waals surface area contributed by atoms with Crippen molar-refractivity contribution in [2.75, 3.05) is 12.9 Å². The number of nitrogens with one attached hydrogen (secondary N) is 1. The smallest absolute Gasteiger partial charge is 0.296 e. The molecule has 1 aliphatic heterocycles. The molecule has 0 spiro atoms. The summed E-state index contributed by atoms with van der Waals surface area (Å²) in [6.07, 6.45) is 1.03. The maximum Gasteiger partial charge on any atom is 0.296 e. The van der Waals surface area contributed by atoms with E-state index in [1.54, 1.807) is 38.1 Å². The van der Waals surface area contributed by atoms with Crippen LogP contribution in [0.4, 0.5) is 0 Å². The monoisotopic (exact) mass is 447 g/mol. The average Bonchev–Trinajstić information content (AvgIpc) is 3.08. The Bertz CT molecular complexity index is 1370. The molecule has 4 rings (SSSR count). The number of hydrogen-bond acceptors (Lipinski definition) is 8. The molecule has 31 heavy (non-hydrogen) atoms. The minimum absolute atomic E-state index is 0.138. The lowest BCUT2D eigenvalue weighted by atomic mass is 10.1. The van der Waals surface area contributed by atoms with Crippen LogP contribution in [-0.2, 0) is 33.5 Å². The number of nitrogens with zero attached hydrogens (tertiary/aromatic N) is 4. The summed E-state index contributed by atoms with van der Waals surface area (Å²) >= 11 is 0. The summed E-state index contributed by atoms with van der Waals surface area (Å²) < 4.78 is 31.9. The summed E-state index contributed by atoms with van der Waals surface area (Å²) in [5.41, 5.74) is -1.38. The Balaban J connectivity index is 1.68. The van der Waals surface area contributed by atoms with Crippen LogP contribution in [-0.4, -0.2) is 51.0 Å². The lowest BCUT2D eigenvalue weighted by Gasteiger charge is -2.32. The van der Waals surface area contributed by atoms with Crippen LogP contribution in [0.5, 0.6) is 5.75 Å². The SMILES string of the molecule is CC1(C)OCCn2c1nc(C(=O)NCc1nn(S(C)(=O)=O)c3ccccc13)c(O)c2=O. The molecule has 0 saturated heterocycles. The molecule has 0 saturated carbocycles. The number of carbonyl (C=O) groups excluding carboxylic acids is 1. The van der Waals surface area contributed by atoms with Crippen molar-refractivity contribution in [3.8, 4) is 5.75 Å². The second-order valence-electron chi connectivity index (χ2n) is 7.70. The molecule has 1 aliphatic rings. The summed E-state index contributed by atoms with van der Waals surface area (Å²) in [5.74, 6) is -1.32. The summed E-state index contributed by atoms with van der Waals surface area (Å²) in [5, 5.41) is 17.5. The zero-order chi connectivity index (χ0) is 22.6. The van der Waals surface area contributed by atoms with Gasteiger partial charge in [-0.05, 0) is 19.9 Å². The summed E-state index contributed by atoms with van der Waals surface area (Å²) in [7, 11) is -3.65. The van der Waals surface area contributed by atoms with Gasteiger partial charge in [-0.2, -0.15) is 9.19 Å². The zero-order valence-corrected chi connectivity index (χ0v) is 17.9. The van der Waals surface area contributed by atoms with Crippen molar-refractivity contribution >= 4 is 26.8 Å². The molecule has 1 amide bonds. The molecule has 0 atom stereocenters. The predicted octanol–water partition coefficient (Wildman–Crippen LogP) is 0.302. The maximum atomic E-state index is 12.8. The number of benzene rings is 1. The molecule has 0 aliphatic carbocycles. The number of fused-ring (bicyclic) bond motifs is 2. The molecule has 3 heterocycles. The Morgan fingerprint density at radius 2 is 2.03 bits per heavy atom. The van der Waals surface area contributed by atoms with Crippen LogP contribution < -0.4 is 10.9 Å². The van der Waals surface area contributed by atoms with E-state index < -0.39 is 38.5 Å². The van der Waals surface area contributed by atoms with E-state index in [-0.39, 0.29) is 25.5 Å². The summed E-state index contributed by atoms with van der Waals surface area (Å²) in [6, 6.07) is 6.70. The van der Waals surface area contributed by atoms with Crippen molar-refractivity contribution in [1.29, 1.82) is 0 Å². The van der Waals surface area contributed by atoms with Gasteiger partial charge in [0.2, 0.25) is 5.75 Å². The van der Waals surface area contributed by atoms with Crippen molar-refractivity contribution < 1.29 is 23.1 Å². The number of hydrogen-bond donors (Lipinski definition) is 2. The van der Waals surface area contributed by atoms with Gasteiger partial charge in [0.1, 0.15) is 11.4 Å². The Morgan fingerprint density at radius 1 is 1.32 bits per heavy atom. The molecule has 0 fully saturated rings. The van der Waals surface area contributed by atoms with Crippen molar-refractivity contribution in [1.82, 2.24) is 24.1 Å². The minimum atomic E-state index is -3.65. The first-order valence-electron chi connectivity index (χ1n) is 9.44. The fourth-order valence-corrected chi connectivity index (χ4v) is 4.32. The van der Waals surface area contributed by atoms with Gasteiger partial charge in [0, 0.05) is 5.39 Å². The van der Waals surface area contributed by atoms with Crippen LogP contribution in [0.3, 0.4) is 0 Å². The van der Waals surface area contributed by atoms with Gasteiger partial charge >= 0.3 is 0 Å². The average molecular weight is 447 g/mol. The van der Waals surface area contributed by atoms with E-state index in [2.05, 4.69) is 15.4 Å². The summed E-state index contributed by atoms with van der Waals surface area (Å²) in [4.78, 5) is 29.5. The molecule has 11 nitrogen and oxygen atoms in total. The molecule has 2 N–H and O–H groups in total. The first-order valence-corrected chi connectivity index (χ1v) is 11.3. The normalized spacial score (nSPS) is 15.6. The Labute approximate surface area is 177 Å². The number of aromatic hydroxyl groups is 1. The second-order valence-corrected chi connectivity index (χ2v) is 9.51. The lowest BCUT2D eigenvalue weighted by molar-refractivity contribution is -0.0566. The van der Waals surface area contributed by atoms with Gasteiger partial charge in [0.25, 0.3) is 21.5 Å². The van der Waals surface area contributed by atoms with Crippen molar-refractivity contribution in [2.24, 2.45) is 0 Å². The fraction of sp³-hybridized carbons (Fsp3) is 0.368. The van der Waals surface area contributed by atoms with E-state index in [0.29, 0.717) is 16.6 Å². The Hall–Kier alpha value is -3.25. The summed E-state index contributed by atoms with van der Waals surface area (Å²) in [6.45, 7) is 3.79. The van der Waals surface area contributed by atoms with Crippen molar-refractivity contribution in [3.05, 3.63) is 51.8 Å². The zero-order valence-electron chi connectivity index (χ0n) is 17.1. The third kappa shape index (κ3) is 3.57. The van der Waals surface area contributed by atoms with Gasteiger partial charge in [0.05, 0.1) is 37.2 Å². The van der Waals surface area contributed by atoms with Gasteiger partial charge < -0.3 is 15.2 Å². The molecule has 12 heteroatoms. The number of ether oxygens (including phenoxy) is 1. The van der Waals surface area contributed by atoms with Gasteiger partial charge in [-0.3, -0.25) is 14.2 Å². The van der Waals surface area contributed by atoms with Crippen LogP contribution in [0.1, 0.15) is 35.9 Å². The van der Waals surface area contributed by atoms with Crippen LogP contribution in [0.15, 0.2) is 29.1 Å². The molecular formula is C19H21N5O6S. The molecule has 3 aromatic rings.